The van der Waals surface area contributed by atoms with E-state index < -0.39 is 15.8 Å². The first kappa shape index (κ1) is 16.7. The molecule has 2 fully saturated rings. The maximum atomic E-state index is 12.4. The van der Waals surface area contributed by atoms with Gasteiger partial charge < -0.3 is 9.64 Å². The molecular weight excluding hydrogens is 362 g/mol. The third-order valence-electron chi connectivity index (χ3n) is 3.93. The van der Waals surface area contributed by atoms with Gasteiger partial charge in [-0.1, -0.05) is 11.6 Å². The van der Waals surface area contributed by atoms with Crippen LogP contribution in [0.5, 0.6) is 0 Å². The molecule has 1 amide bonds. The normalized spacial score (nSPS) is 22.7. The number of ether oxygens (including phenoxy) is 1. The molecule has 0 N–H and O–H groups in total. The summed E-state index contributed by atoms with van der Waals surface area (Å²) < 4.78 is 28.8. The second kappa shape index (κ2) is 6.41. The van der Waals surface area contributed by atoms with Crippen LogP contribution in [0.4, 0.5) is 0 Å². The molecule has 1 aromatic rings. The number of halogens is 1. The highest BCUT2D eigenvalue weighted by atomic mass is 35.5. The van der Waals surface area contributed by atoms with Crippen LogP contribution in [-0.2, 0) is 19.4 Å². The summed E-state index contributed by atoms with van der Waals surface area (Å²) in [6, 6.07) is 2.91. The van der Waals surface area contributed by atoms with Crippen LogP contribution in [0.2, 0.25) is 4.34 Å². The molecule has 9 heteroatoms. The third-order valence-corrected chi connectivity index (χ3v) is 6.89. The Hall–Kier alpha value is -1.12. The number of sulfone groups is 1. The summed E-state index contributed by atoms with van der Waals surface area (Å²) in [5.74, 6) is -0.804. The first-order valence-electron chi connectivity index (χ1n) is 7.30. The van der Waals surface area contributed by atoms with Crippen LogP contribution in [0.25, 0.3) is 0 Å². The highest BCUT2D eigenvalue weighted by Crippen LogP contribution is 2.32. The zero-order valence-electron chi connectivity index (χ0n) is 12.2. The van der Waals surface area contributed by atoms with Crippen LogP contribution in [0, 0.1) is 0 Å². The van der Waals surface area contributed by atoms with Gasteiger partial charge in [-0.2, -0.15) is 0 Å². The molecule has 2 aliphatic rings. The third kappa shape index (κ3) is 4.05. The molecule has 126 valence electrons. The van der Waals surface area contributed by atoms with Gasteiger partial charge >= 0.3 is 5.97 Å². The molecule has 1 aromatic heterocycles. The number of nitrogens with zero attached hydrogens (tertiary/aromatic N) is 1. The van der Waals surface area contributed by atoms with E-state index in [4.69, 9.17) is 16.3 Å². The van der Waals surface area contributed by atoms with Gasteiger partial charge in [0.05, 0.1) is 15.8 Å². The standard InChI is InChI=1S/C14H16ClNO5S2/c15-12-4-3-11(22-12)14(18)21-7-13(17)16(9-1-2-9)10-5-6-23(19,20)8-10/h3-4,9-10H,1-2,5-8H2/t10-/m0/s1. The number of rotatable bonds is 5. The van der Waals surface area contributed by atoms with E-state index in [1.165, 1.54) is 0 Å². The first-order valence-corrected chi connectivity index (χ1v) is 10.3. The predicted molar refractivity (Wildman–Crippen MR) is 86.5 cm³/mol. The van der Waals surface area contributed by atoms with Crippen LogP contribution in [0.3, 0.4) is 0 Å². The van der Waals surface area contributed by atoms with E-state index in [0.29, 0.717) is 15.6 Å². The van der Waals surface area contributed by atoms with Crippen molar-refractivity contribution < 1.29 is 22.7 Å². The van der Waals surface area contributed by atoms with Crippen molar-refractivity contribution in [3.05, 3.63) is 21.3 Å². The Morgan fingerprint density at radius 3 is 2.52 bits per heavy atom. The van der Waals surface area contributed by atoms with E-state index >= 15 is 0 Å². The minimum Gasteiger partial charge on any atom is -0.451 e. The molecule has 1 aliphatic carbocycles. The lowest BCUT2D eigenvalue weighted by Crippen LogP contribution is -2.44. The molecular formula is C14H16ClNO5S2. The molecule has 23 heavy (non-hydrogen) atoms. The van der Waals surface area contributed by atoms with Crippen LogP contribution >= 0.6 is 22.9 Å². The van der Waals surface area contributed by atoms with Gasteiger partial charge in [0.2, 0.25) is 0 Å². The fourth-order valence-electron chi connectivity index (χ4n) is 2.75. The average Bonchev–Trinajstić information content (AvgIpc) is 3.11. The van der Waals surface area contributed by atoms with Crippen molar-refractivity contribution in [1.29, 1.82) is 0 Å². The Bertz CT molecular complexity index is 725. The van der Waals surface area contributed by atoms with E-state index in [-0.39, 0.29) is 36.1 Å². The summed E-state index contributed by atoms with van der Waals surface area (Å²) in [7, 11) is -3.07. The molecule has 1 aliphatic heterocycles. The Balaban J connectivity index is 1.60. The summed E-state index contributed by atoms with van der Waals surface area (Å²) in [5.41, 5.74) is 0. The molecule has 2 heterocycles. The number of hydrogen-bond donors (Lipinski definition) is 0. The predicted octanol–water partition coefficient (Wildman–Crippen LogP) is 1.74. The summed E-state index contributed by atoms with van der Waals surface area (Å²) in [5, 5.41) is 0. The van der Waals surface area contributed by atoms with Gasteiger partial charge in [0.15, 0.2) is 16.4 Å². The minimum atomic E-state index is -3.07. The van der Waals surface area contributed by atoms with Crippen molar-refractivity contribution in [2.45, 2.75) is 31.3 Å². The van der Waals surface area contributed by atoms with Crippen molar-refractivity contribution in [2.75, 3.05) is 18.1 Å². The molecule has 0 bridgehead atoms. The van der Waals surface area contributed by atoms with Gasteiger partial charge in [-0.3, -0.25) is 4.79 Å². The van der Waals surface area contributed by atoms with Crippen molar-refractivity contribution in [3.63, 3.8) is 0 Å². The molecule has 0 aromatic carbocycles. The van der Waals surface area contributed by atoms with Crippen LogP contribution in [-0.4, -0.2) is 55.4 Å². The molecule has 3 rings (SSSR count). The van der Waals surface area contributed by atoms with Gasteiger partial charge in [0, 0.05) is 12.1 Å². The Morgan fingerprint density at radius 2 is 2.00 bits per heavy atom. The number of thiophene rings is 1. The molecule has 0 spiro atoms. The zero-order valence-corrected chi connectivity index (χ0v) is 14.6. The fourth-order valence-corrected chi connectivity index (χ4v) is 5.40. The van der Waals surface area contributed by atoms with Crippen molar-refractivity contribution in [2.24, 2.45) is 0 Å². The van der Waals surface area contributed by atoms with Gasteiger partial charge in [-0.25, -0.2) is 13.2 Å². The molecule has 0 radical (unpaired) electrons. The highest BCUT2D eigenvalue weighted by Gasteiger charge is 2.42. The molecule has 6 nitrogen and oxygen atoms in total. The number of esters is 1. The zero-order chi connectivity index (χ0) is 16.6. The summed E-state index contributed by atoms with van der Waals surface area (Å²) in [6.07, 6.45) is 2.20. The topological polar surface area (TPSA) is 80.8 Å². The SMILES string of the molecule is O=C(OCC(=O)N(C1CC1)[C@H]1CCS(=O)(=O)C1)c1ccc(Cl)s1. The van der Waals surface area contributed by atoms with E-state index in [1.54, 1.807) is 17.0 Å². The maximum Gasteiger partial charge on any atom is 0.348 e. The smallest absolute Gasteiger partial charge is 0.348 e. The fraction of sp³-hybridized carbons (Fsp3) is 0.571. The van der Waals surface area contributed by atoms with Gasteiger partial charge in [-0.05, 0) is 31.4 Å². The lowest BCUT2D eigenvalue weighted by atomic mass is 10.2. The summed E-state index contributed by atoms with van der Waals surface area (Å²) in [4.78, 5) is 26.2. The number of amides is 1. The second-order valence-electron chi connectivity index (χ2n) is 5.77. The second-order valence-corrected chi connectivity index (χ2v) is 9.71. The minimum absolute atomic E-state index is 0.00369. The van der Waals surface area contributed by atoms with Crippen molar-refractivity contribution in [1.82, 2.24) is 4.90 Å². The molecule has 0 unspecified atom stereocenters. The Morgan fingerprint density at radius 1 is 1.26 bits per heavy atom. The highest BCUT2D eigenvalue weighted by molar-refractivity contribution is 7.91. The average molecular weight is 378 g/mol. The van der Waals surface area contributed by atoms with E-state index in [1.807, 2.05) is 0 Å². The quantitative estimate of drug-likeness (QED) is 0.730. The molecule has 1 atom stereocenters. The largest absolute Gasteiger partial charge is 0.451 e. The molecule has 1 saturated heterocycles. The van der Waals surface area contributed by atoms with Crippen molar-refractivity contribution >= 4 is 44.7 Å². The summed E-state index contributed by atoms with van der Waals surface area (Å²) in [6.45, 7) is -0.374. The lowest BCUT2D eigenvalue weighted by Gasteiger charge is -2.28. The number of carbonyl (C=O) groups excluding carboxylic acids is 2. The number of hydrogen-bond acceptors (Lipinski definition) is 6. The van der Waals surface area contributed by atoms with Gasteiger partial charge in [0.25, 0.3) is 5.91 Å². The van der Waals surface area contributed by atoms with Gasteiger partial charge in [0.1, 0.15) is 4.88 Å². The Kier molecular flexibility index (Phi) is 4.66. The van der Waals surface area contributed by atoms with Crippen LogP contribution < -0.4 is 0 Å². The van der Waals surface area contributed by atoms with E-state index in [0.717, 1.165) is 24.2 Å². The maximum absolute atomic E-state index is 12.4. The Labute approximate surface area is 143 Å². The lowest BCUT2D eigenvalue weighted by molar-refractivity contribution is -0.137. The van der Waals surface area contributed by atoms with Crippen LogP contribution in [0.1, 0.15) is 28.9 Å². The van der Waals surface area contributed by atoms with Crippen LogP contribution in [0.15, 0.2) is 12.1 Å². The van der Waals surface area contributed by atoms with E-state index in [2.05, 4.69) is 0 Å². The van der Waals surface area contributed by atoms with E-state index in [9.17, 15) is 18.0 Å². The monoisotopic (exact) mass is 377 g/mol. The van der Waals surface area contributed by atoms with Crippen molar-refractivity contribution in [3.8, 4) is 0 Å². The molecule has 1 saturated carbocycles. The number of carbonyl (C=O) groups is 2. The first-order chi connectivity index (χ1) is 10.9. The van der Waals surface area contributed by atoms with Gasteiger partial charge in [-0.15, -0.1) is 11.3 Å². The summed E-state index contributed by atoms with van der Waals surface area (Å²) >= 11 is 6.85.